The molecule has 2 N–H and O–H groups in total. The second kappa shape index (κ2) is 5.75. The minimum atomic E-state index is 0.548. The van der Waals surface area contributed by atoms with Crippen molar-refractivity contribution in [2.75, 3.05) is 18.5 Å². The second-order valence-electron chi connectivity index (χ2n) is 5.47. The van der Waals surface area contributed by atoms with E-state index >= 15 is 0 Å². The standard InChI is InChI=1S/C14H22N6/c1-3-15-10-4-6-11(7-5-10)20(2)14-12-13(17-8-16-12)18-9-19-14/h8-11,15H,3-7H2,1-2H3,(H,16,17,18,19). The van der Waals surface area contributed by atoms with Gasteiger partial charge in [0.15, 0.2) is 11.5 Å². The van der Waals surface area contributed by atoms with Gasteiger partial charge >= 0.3 is 0 Å². The Bertz CT molecular complexity index is 558. The van der Waals surface area contributed by atoms with Gasteiger partial charge in [-0.25, -0.2) is 15.0 Å². The normalized spacial score (nSPS) is 23.1. The fourth-order valence-corrected chi connectivity index (χ4v) is 3.15. The monoisotopic (exact) mass is 274 g/mol. The summed E-state index contributed by atoms with van der Waals surface area (Å²) in [7, 11) is 2.13. The summed E-state index contributed by atoms with van der Waals surface area (Å²) in [5, 5.41) is 3.55. The van der Waals surface area contributed by atoms with Crippen LogP contribution in [-0.2, 0) is 0 Å². The van der Waals surface area contributed by atoms with Crippen LogP contribution in [0.15, 0.2) is 12.7 Å². The van der Waals surface area contributed by atoms with Crippen molar-refractivity contribution >= 4 is 17.0 Å². The Morgan fingerprint density at radius 3 is 2.80 bits per heavy atom. The largest absolute Gasteiger partial charge is 0.355 e. The van der Waals surface area contributed by atoms with Gasteiger partial charge in [0.05, 0.1) is 6.33 Å². The van der Waals surface area contributed by atoms with Gasteiger partial charge in [-0.1, -0.05) is 6.92 Å². The van der Waals surface area contributed by atoms with Crippen LogP contribution in [0.25, 0.3) is 11.2 Å². The summed E-state index contributed by atoms with van der Waals surface area (Å²) in [6, 6.07) is 1.23. The Labute approximate surface area is 119 Å². The van der Waals surface area contributed by atoms with Crippen molar-refractivity contribution in [1.82, 2.24) is 25.3 Å². The van der Waals surface area contributed by atoms with Crippen LogP contribution in [0.1, 0.15) is 32.6 Å². The third kappa shape index (κ3) is 2.47. The van der Waals surface area contributed by atoms with E-state index < -0.39 is 0 Å². The van der Waals surface area contributed by atoms with Crippen molar-refractivity contribution < 1.29 is 0 Å². The highest BCUT2D eigenvalue weighted by atomic mass is 15.2. The van der Waals surface area contributed by atoms with Gasteiger partial charge in [0.2, 0.25) is 0 Å². The summed E-state index contributed by atoms with van der Waals surface area (Å²) in [5.41, 5.74) is 1.67. The predicted molar refractivity (Wildman–Crippen MR) is 79.8 cm³/mol. The summed E-state index contributed by atoms with van der Waals surface area (Å²) in [4.78, 5) is 18.2. The van der Waals surface area contributed by atoms with Crippen molar-refractivity contribution in [2.24, 2.45) is 0 Å². The van der Waals surface area contributed by atoms with Crippen molar-refractivity contribution in [2.45, 2.75) is 44.7 Å². The van der Waals surface area contributed by atoms with Crippen LogP contribution in [0.2, 0.25) is 0 Å². The number of fused-ring (bicyclic) bond motifs is 1. The number of H-pyrrole nitrogens is 1. The van der Waals surface area contributed by atoms with Gasteiger partial charge in [-0.05, 0) is 32.2 Å². The van der Waals surface area contributed by atoms with E-state index in [1.807, 2.05) is 0 Å². The smallest absolute Gasteiger partial charge is 0.182 e. The topological polar surface area (TPSA) is 69.7 Å². The van der Waals surface area contributed by atoms with Crippen molar-refractivity contribution in [3.05, 3.63) is 12.7 Å². The molecule has 0 saturated heterocycles. The molecular weight excluding hydrogens is 252 g/mol. The van der Waals surface area contributed by atoms with Crippen LogP contribution >= 0.6 is 0 Å². The van der Waals surface area contributed by atoms with Gasteiger partial charge in [-0.2, -0.15) is 0 Å². The molecule has 2 heterocycles. The lowest BCUT2D eigenvalue weighted by molar-refractivity contribution is 0.341. The van der Waals surface area contributed by atoms with Crippen LogP contribution in [0.5, 0.6) is 0 Å². The molecule has 0 amide bonds. The van der Waals surface area contributed by atoms with Crippen LogP contribution in [0, 0.1) is 0 Å². The fraction of sp³-hybridized carbons (Fsp3) is 0.643. The number of hydrogen-bond donors (Lipinski definition) is 2. The predicted octanol–water partition coefficient (Wildman–Crippen LogP) is 1.71. The van der Waals surface area contributed by atoms with Crippen LogP contribution in [-0.4, -0.2) is 45.6 Å². The molecular formula is C14H22N6. The molecule has 1 saturated carbocycles. The number of aromatic nitrogens is 4. The number of anilines is 1. The average molecular weight is 274 g/mol. The lowest BCUT2D eigenvalue weighted by Gasteiger charge is -2.35. The third-order valence-corrected chi connectivity index (χ3v) is 4.27. The Morgan fingerprint density at radius 2 is 2.05 bits per heavy atom. The van der Waals surface area contributed by atoms with Crippen molar-refractivity contribution in [3.8, 4) is 0 Å². The molecule has 1 aliphatic rings. The Balaban J connectivity index is 1.73. The summed E-state index contributed by atoms with van der Waals surface area (Å²) >= 11 is 0. The highest BCUT2D eigenvalue weighted by Crippen LogP contribution is 2.27. The minimum absolute atomic E-state index is 0.548. The number of imidazole rings is 1. The Kier molecular flexibility index (Phi) is 3.82. The summed E-state index contributed by atoms with van der Waals surface area (Å²) in [5.74, 6) is 0.958. The molecule has 6 nitrogen and oxygen atoms in total. The second-order valence-corrected chi connectivity index (χ2v) is 5.47. The number of hydrogen-bond acceptors (Lipinski definition) is 5. The highest BCUT2D eigenvalue weighted by Gasteiger charge is 2.25. The minimum Gasteiger partial charge on any atom is -0.355 e. The summed E-state index contributed by atoms with van der Waals surface area (Å²) in [6.07, 6.45) is 8.15. The number of rotatable bonds is 4. The zero-order valence-electron chi connectivity index (χ0n) is 12.1. The van der Waals surface area contributed by atoms with Crippen molar-refractivity contribution in [1.29, 1.82) is 0 Å². The highest BCUT2D eigenvalue weighted by molar-refractivity contribution is 5.82. The van der Waals surface area contributed by atoms with Gasteiger partial charge < -0.3 is 15.2 Å². The van der Waals surface area contributed by atoms with Crippen LogP contribution in [0.3, 0.4) is 0 Å². The summed E-state index contributed by atoms with van der Waals surface area (Å²) in [6.45, 7) is 3.24. The molecule has 0 aromatic carbocycles. The maximum Gasteiger partial charge on any atom is 0.182 e. The molecule has 1 fully saturated rings. The molecule has 0 aliphatic heterocycles. The number of aromatic amines is 1. The molecule has 0 atom stereocenters. The van der Waals surface area contributed by atoms with Gasteiger partial charge in [-0.3, -0.25) is 0 Å². The summed E-state index contributed by atoms with van der Waals surface area (Å²) < 4.78 is 0. The quantitative estimate of drug-likeness (QED) is 0.888. The first-order valence-electron chi connectivity index (χ1n) is 7.40. The van der Waals surface area contributed by atoms with E-state index in [0.29, 0.717) is 12.1 Å². The van der Waals surface area contributed by atoms with Crippen molar-refractivity contribution in [3.63, 3.8) is 0 Å². The van der Waals surface area contributed by atoms with E-state index in [4.69, 9.17) is 0 Å². The van der Waals surface area contributed by atoms with E-state index in [1.165, 1.54) is 25.7 Å². The lowest BCUT2D eigenvalue weighted by atomic mass is 9.90. The maximum absolute atomic E-state index is 4.44. The molecule has 3 rings (SSSR count). The Morgan fingerprint density at radius 1 is 1.25 bits per heavy atom. The molecule has 20 heavy (non-hydrogen) atoms. The zero-order valence-corrected chi connectivity index (χ0v) is 12.1. The molecule has 0 bridgehead atoms. The molecule has 0 unspecified atom stereocenters. The first kappa shape index (κ1) is 13.3. The maximum atomic E-state index is 4.44. The van der Waals surface area contributed by atoms with E-state index in [-0.39, 0.29) is 0 Å². The third-order valence-electron chi connectivity index (χ3n) is 4.27. The number of nitrogens with one attached hydrogen (secondary N) is 2. The zero-order chi connectivity index (χ0) is 13.9. The molecule has 2 aromatic heterocycles. The fourth-order valence-electron chi connectivity index (χ4n) is 3.15. The Hall–Kier alpha value is -1.69. The van der Waals surface area contributed by atoms with E-state index in [9.17, 15) is 0 Å². The lowest BCUT2D eigenvalue weighted by Crippen LogP contribution is -2.41. The van der Waals surface area contributed by atoms with Gasteiger partial charge in [0.1, 0.15) is 11.8 Å². The number of nitrogens with zero attached hydrogens (tertiary/aromatic N) is 4. The van der Waals surface area contributed by atoms with Gasteiger partial charge in [0, 0.05) is 19.1 Å². The first-order valence-corrected chi connectivity index (χ1v) is 7.40. The van der Waals surface area contributed by atoms with E-state index in [0.717, 1.165) is 23.5 Å². The molecule has 108 valence electrons. The van der Waals surface area contributed by atoms with Gasteiger partial charge in [0.25, 0.3) is 0 Å². The molecule has 6 heteroatoms. The van der Waals surface area contributed by atoms with E-state index in [2.05, 4.69) is 44.1 Å². The molecule has 0 radical (unpaired) electrons. The molecule has 0 spiro atoms. The average Bonchev–Trinajstić information content (AvgIpc) is 2.96. The molecule has 2 aromatic rings. The molecule has 1 aliphatic carbocycles. The van der Waals surface area contributed by atoms with Crippen LogP contribution < -0.4 is 10.2 Å². The first-order chi connectivity index (χ1) is 9.79. The van der Waals surface area contributed by atoms with E-state index in [1.54, 1.807) is 12.7 Å². The van der Waals surface area contributed by atoms with Crippen LogP contribution in [0.4, 0.5) is 5.82 Å². The van der Waals surface area contributed by atoms with Gasteiger partial charge in [-0.15, -0.1) is 0 Å². The SMILES string of the molecule is CCNC1CCC(N(C)c2ncnc3nc[nH]c23)CC1.